The van der Waals surface area contributed by atoms with Gasteiger partial charge >= 0.3 is 6.09 Å². The van der Waals surface area contributed by atoms with Crippen molar-refractivity contribution in [1.82, 2.24) is 19.5 Å². The third kappa shape index (κ3) is 4.94. The molecule has 4 aromatic rings. The van der Waals surface area contributed by atoms with Crippen LogP contribution in [0.3, 0.4) is 0 Å². The molecule has 10 nitrogen and oxygen atoms in total. The summed E-state index contributed by atoms with van der Waals surface area (Å²) in [5.41, 5.74) is 1.89. The van der Waals surface area contributed by atoms with Gasteiger partial charge in [0.15, 0.2) is 11.2 Å². The number of nitrogens with one attached hydrogen (secondary N) is 1. The molecule has 1 aliphatic rings. The van der Waals surface area contributed by atoms with Gasteiger partial charge in [-0.25, -0.2) is 14.7 Å². The standard InChI is InChI=1S/C27H28N6O4S/c1-4-20-22(35)16(2)25(38-20)32-15-28-21-23(32)30-26(29-17(3)34)31-24(21)37-27(36)33(18-11-7-5-8-12-18)19-13-9-6-10-14-19/h5-16,20,22,25,35H,4H2,1-3H3,(H,29,30,31,34)/t16-,20-,22+,25-/m1/s1. The smallest absolute Gasteiger partial charge is 0.392 e. The van der Waals surface area contributed by atoms with Gasteiger partial charge in [-0.15, -0.1) is 11.8 Å². The molecular weight excluding hydrogens is 504 g/mol. The molecule has 11 heteroatoms. The van der Waals surface area contributed by atoms with E-state index in [1.807, 2.05) is 54.8 Å². The molecule has 2 aromatic heterocycles. The normalized spacial score (nSPS) is 20.8. The van der Waals surface area contributed by atoms with E-state index < -0.39 is 12.2 Å². The summed E-state index contributed by atoms with van der Waals surface area (Å²) in [5, 5.41) is 13.2. The van der Waals surface area contributed by atoms with E-state index in [2.05, 4.69) is 20.3 Å². The molecule has 4 atom stereocenters. The number of aliphatic hydroxyl groups excluding tert-OH is 1. The number of amides is 2. The fourth-order valence-electron chi connectivity index (χ4n) is 4.55. The monoisotopic (exact) mass is 532 g/mol. The predicted octanol–water partition coefficient (Wildman–Crippen LogP) is 5.14. The number of aliphatic hydroxyl groups is 1. The summed E-state index contributed by atoms with van der Waals surface area (Å²) in [6.07, 6.45) is 1.25. The van der Waals surface area contributed by atoms with Crippen molar-refractivity contribution < 1.29 is 19.4 Å². The van der Waals surface area contributed by atoms with Gasteiger partial charge < -0.3 is 14.4 Å². The zero-order valence-electron chi connectivity index (χ0n) is 21.2. The number of aromatic nitrogens is 4. The second-order valence-electron chi connectivity index (χ2n) is 9.06. The Hall–Kier alpha value is -3.96. The van der Waals surface area contributed by atoms with Crippen molar-refractivity contribution in [2.75, 3.05) is 10.2 Å². The summed E-state index contributed by atoms with van der Waals surface area (Å²) in [4.78, 5) is 40.2. The Bertz CT molecular complexity index is 1410. The van der Waals surface area contributed by atoms with Gasteiger partial charge in [0.25, 0.3) is 5.88 Å². The SMILES string of the molecule is CC[C@H]1S[C@@H](n2cnc3c(OC(=O)N(c4ccccc4)c4ccccc4)nc(NC(C)=O)nc32)[C@H](C)[C@@H]1O. The number of carbonyl (C=O) groups excluding carboxylic acids is 2. The Morgan fingerprint density at radius 1 is 1.08 bits per heavy atom. The number of fused-ring (bicyclic) bond motifs is 1. The molecule has 0 radical (unpaired) electrons. The number of para-hydroxylation sites is 2. The molecule has 5 rings (SSSR count). The molecular formula is C27H28N6O4S. The number of nitrogens with zero attached hydrogens (tertiary/aromatic N) is 5. The zero-order valence-corrected chi connectivity index (χ0v) is 22.0. The van der Waals surface area contributed by atoms with Crippen molar-refractivity contribution in [3.63, 3.8) is 0 Å². The molecule has 2 amide bonds. The molecule has 1 fully saturated rings. The summed E-state index contributed by atoms with van der Waals surface area (Å²) >= 11 is 1.65. The van der Waals surface area contributed by atoms with Crippen molar-refractivity contribution >= 4 is 52.2 Å². The van der Waals surface area contributed by atoms with Gasteiger partial charge in [0.1, 0.15) is 0 Å². The van der Waals surface area contributed by atoms with Gasteiger partial charge in [-0.1, -0.05) is 50.2 Å². The molecule has 0 unspecified atom stereocenters. The number of thioether (sulfide) groups is 1. The molecule has 2 N–H and O–H groups in total. The minimum absolute atomic E-state index is 0.0104. The van der Waals surface area contributed by atoms with E-state index in [1.165, 1.54) is 11.8 Å². The third-order valence-corrected chi connectivity index (χ3v) is 8.33. The first-order chi connectivity index (χ1) is 18.4. The van der Waals surface area contributed by atoms with Crippen LogP contribution in [0.1, 0.15) is 32.6 Å². The first-order valence-electron chi connectivity index (χ1n) is 12.3. The molecule has 196 valence electrons. The van der Waals surface area contributed by atoms with Crippen molar-refractivity contribution in [3.05, 3.63) is 67.0 Å². The van der Waals surface area contributed by atoms with Crippen LogP contribution in [0.2, 0.25) is 0 Å². The van der Waals surface area contributed by atoms with E-state index in [0.29, 0.717) is 17.0 Å². The van der Waals surface area contributed by atoms with Gasteiger partial charge in [0.2, 0.25) is 11.9 Å². The molecule has 38 heavy (non-hydrogen) atoms. The van der Waals surface area contributed by atoms with Crippen LogP contribution >= 0.6 is 11.8 Å². The maximum atomic E-state index is 13.6. The molecule has 0 saturated carbocycles. The number of imidazole rings is 1. The average Bonchev–Trinajstić information content (AvgIpc) is 3.45. The van der Waals surface area contributed by atoms with E-state index in [1.54, 1.807) is 42.4 Å². The summed E-state index contributed by atoms with van der Waals surface area (Å²) in [5.74, 6) is -0.529. The second-order valence-corrected chi connectivity index (χ2v) is 10.4. The van der Waals surface area contributed by atoms with Gasteiger partial charge in [-0.3, -0.25) is 10.1 Å². The van der Waals surface area contributed by atoms with Crippen LogP contribution in [0.4, 0.5) is 22.1 Å². The number of hydrogen-bond acceptors (Lipinski definition) is 8. The van der Waals surface area contributed by atoms with E-state index >= 15 is 0 Å². The predicted molar refractivity (Wildman–Crippen MR) is 147 cm³/mol. The number of benzene rings is 2. The van der Waals surface area contributed by atoms with Crippen molar-refractivity contribution in [1.29, 1.82) is 0 Å². The van der Waals surface area contributed by atoms with Crippen molar-refractivity contribution in [2.45, 2.75) is 43.9 Å². The Morgan fingerprint density at radius 2 is 1.71 bits per heavy atom. The van der Waals surface area contributed by atoms with E-state index in [-0.39, 0.29) is 39.8 Å². The first-order valence-corrected chi connectivity index (χ1v) is 13.3. The summed E-state index contributed by atoms with van der Waals surface area (Å²) in [6.45, 7) is 5.38. The van der Waals surface area contributed by atoms with Crippen LogP contribution < -0.4 is 15.0 Å². The molecule has 0 bridgehead atoms. The lowest BCUT2D eigenvalue weighted by atomic mass is 10.0. The summed E-state index contributed by atoms with van der Waals surface area (Å²) < 4.78 is 7.69. The maximum Gasteiger partial charge on any atom is 0.425 e. The van der Waals surface area contributed by atoms with E-state index in [9.17, 15) is 14.7 Å². The number of carbonyl (C=O) groups is 2. The van der Waals surface area contributed by atoms with Crippen LogP contribution in [0.25, 0.3) is 11.2 Å². The largest absolute Gasteiger partial charge is 0.425 e. The van der Waals surface area contributed by atoms with Crippen LogP contribution in [-0.2, 0) is 4.79 Å². The lowest BCUT2D eigenvalue weighted by molar-refractivity contribution is -0.114. The van der Waals surface area contributed by atoms with Crippen LogP contribution in [-0.4, -0.2) is 48.0 Å². The Labute approximate surface area is 224 Å². The van der Waals surface area contributed by atoms with Gasteiger partial charge in [0, 0.05) is 18.1 Å². The summed E-state index contributed by atoms with van der Waals surface area (Å²) in [7, 11) is 0. The molecule has 0 spiro atoms. The topological polar surface area (TPSA) is 122 Å². The van der Waals surface area contributed by atoms with Gasteiger partial charge in [0.05, 0.1) is 29.2 Å². The Morgan fingerprint density at radius 3 is 2.26 bits per heavy atom. The number of ether oxygens (including phenoxy) is 1. The minimum atomic E-state index is -0.698. The van der Waals surface area contributed by atoms with Crippen molar-refractivity contribution in [3.8, 4) is 5.88 Å². The average molecular weight is 533 g/mol. The minimum Gasteiger partial charge on any atom is -0.392 e. The highest BCUT2D eigenvalue weighted by Gasteiger charge is 2.41. The third-order valence-electron chi connectivity index (χ3n) is 6.43. The Kier molecular flexibility index (Phi) is 7.30. The van der Waals surface area contributed by atoms with Crippen LogP contribution in [0, 0.1) is 5.92 Å². The van der Waals surface area contributed by atoms with Crippen molar-refractivity contribution in [2.24, 2.45) is 5.92 Å². The lowest BCUT2D eigenvalue weighted by Gasteiger charge is -2.22. The molecule has 1 saturated heterocycles. The number of hydrogen-bond donors (Lipinski definition) is 2. The fourth-order valence-corrected chi connectivity index (χ4v) is 6.20. The Balaban J connectivity index is 1.56. The lowest BCUT2D eigenvalue weighted by Crippen LogP contribution is -2.29. The molecule has 1 aliphatic heterocycles. The van der Waals surface area contributed by atoms with Gasteiger partial charge in [-0.2, -0.15) is 9.97 Å². The quantitative estimate of drug-likeness (QED) is 0.350. The van der Waals surface area contributed by atoms with E-state index in [0.717, 1.165) is 6.42 Å². The first kappa shape index (κ1) is 25.7. The fraction of sp³-hybridized carbons (Fsp3) is 0.296. The number of anilines is 3. The highest BCUT2D eigenvalue weighted by molar-refractivity contribution is 8.00. The van der Waals surface area contributed by atoms with Crippen LogP contribution in [0.5, 0.6) is 5.88 Å². The summed E-state index contributed by atoms with van der Waals surface area (Å²) in [6, 6.07) is 18.2. The second kappa shape index (κ2) is 10.8. The molecule has 0 aliphatic carbocycles. The van der Waals surface area contributed by atoms with E-state index in [4.69, 9.17) is 4.74 Å². The molecule has 2 aromatic carbocycles. The number of rotatable bonds is 6. The van der Waals surface area contributed by atoms with Crippen LogP contribution in [0.15, 0.2) is 67.0 Å². The molecule has 3 heterocycles. The maximum absolute atomic E-state index is 13.6. The zero-order chi connectivity index (χ0) is 26.8. The highest BCUT2D eigenvalue weighted by Crippen LogP contribution is 2.48. The van der Waals surface area contributed by atoms with Gasteiger partial charge in [-0.05, 0) is 30.7 Å². The highest BCUT2D eigenvalue weighted by atomic mass is 32.2.